The van der Waals surface area contributed by atoms with Crippen LogP contribution in [0.1, 0.15) is 6.42 Å². The molecule has 0 aliphatic heterocycles. The van der Waals surface area contributed by atoms with Crippen LogP contribution in [-0.2, 0) is 9.59 Å². The van der Waals surface area contributed by atoms with Crippen LogP contribution in [0.4, 0.5) is 14.9 Å². The van der Waals surface area contributed by atoms with Crippen LogP contribution < -0.4 is 16.4 Å². The number of urea groups is 1. The molecule has 0 aliphatic carbocycles. The van der Waals surface area contributed by atoms with Gasteiger partial charge in [0, 0.05) is 5.69 Å². The van der Waals surface area contributed by atoms with Crippen molar-refractivity contribution < 1.29 is 23.9 Å². The first-order chi connectivity index (χ1) is 8.88. The van der Waals surface area contributed by atoms with Crippen LogP contribution in [0.3, 0.4) is 0 Å². The second-order valence-electron chi connectivity index (χ2n) is 3.67. The van der Waals surface area contributed by atoms with E-state index in [1.807, 2.05) is 5.32 Å². The SMILES string of the molecule is NC(=O)C[C@@H](NC(=O)Nc1cccc(F)c1)C(=O)O. The van der Waals surface area contributed by atoms with Crippen molar-refractivity contribution in [1.29, 1.82) is 0 Å². The predicted octanol–water partition coefficient (Wildman–Crippen LogP) is 0.276. The average molecular weight is 269 g/mol. The summed E-state index contributed by atoms with van der Waals surface area (Å²) in [6.45, 7) is 0. The second-order valence-corrected chi connectivity index (χ2v) is 3.67. The van der Waals surface area contributed by atoms with Crippen LogP contribution in [0, 0.1) is 5.82 Å². The van der Waals surface area contributed by atoms with Gasteiger partial charge in [0.15, 0.2) is 0 Å². The molecule has 1 rings (SSSR count). The molecule has 0 fully saturated rings. The summed E-state index contributed by atoms with van der Waals surface area (Å²) < 4.78 is 12.9. The Morgan fingerprint density at radius 3 is 2.58 bits per heavy atom. The van der Waals surface area contributed by atoms with Crippen molar-refractivity contribution in [3.05, 3.63) is 30.1 Å². The number of nitrogens with two attached hydrogens (primary N) is 1. The van der Waals surface area contributed by atoms with Gasteiger partial charge in [-0.25, -0.2) is 14.0 Å². The number of benzene rings is 1. The number of nitrogens with one attached hydrogen (secondary N) is 2. The highest BCUT2D eigenvalue weighted by atomic mass is 19.1. The predicted molar refractivity (Wildman–Crippen MR) is 63.8 cm³/mol. The quantitative estimate of drug-likeness (QED) is 0.613. The van der Waals surface area contributed by atoms with Crippen molar-refractivity contribution in [3.63, 3.8) is 0 Å². The first kappa shape index (κ1) is 14.4. The highest BCUT2D eigenvalue weighted by molar-refractivity contribution is 5.93. The van der Waals surface area contributed by atoms with Crippen LogP contribution in [0.15, 0.2) is 24.3 Å². The molecule has 0 heterocycles. The highest BCUT2D eigenvalue weighted by Crippen LogP contribution is 2.08. The van der Waals surface area contributed by atoms with Gasteiger partial charge < -0.3 is 21.5 Å². The number of carboxylic acids is 1. The van der Waals surface area contributed by atoms with Crippen LogP contribution in [0.5, 0.6) is 0 Å². The Balaban J connectivity index is 2.62. The highest BCUT2D eigenvalue weighted by Gasteiger charge is 2.22. The zero-order chi connectivity index (χ0) is 14.4. The fraction of sp³-hybridized carbons (Fsp3) is 0.182. The normalized spacial score (nSPS) is 11.4. The number of anilines is 1. The van der Waals surface area contributed by atoms with E-state index in [0.717, 1.165) is 6.07 Å². The molecule has 1 atom stereocenters. The minimum absolute atomic E-state index is 0.153. The summed E-state index contributed by atoms with van der Waals surface area (Å²) in [7, 11) is 0. The third-order valence-electron chi connectivity index (χ3n) is 2.09. The second kappa shape index (κ2) is 6.34. The molecule has 0 spiro atoms. The lowest BCUT2D eigenvalue weighted by Gasteiger charge is -2.13. The van der Waals surface area contributed by atoms with E-state index < -0.39 is 36.2 Å². The Bertz CT molecular complexity index is 506. The zero-order valence-corrected chi connectivity index (χ0v) is 9.72. The summed E-state index contributed by atoms with van der Waals surface area (Å²) in [5, 5.41) is 13.0. The van der Waals surface area contributed by atoms with Gasteiger partial charge in [0.25, 0.3) is 0 Å². The standard InChI is InChI=1S/C11H12FN3O4/c12-6-2-1-3-7(4-6)14-11(19)15-8(10(17)18)5-9(13)16/h1-4,8H,5H2,(H2,13,16)(H,17,18)(H2,14,15,19)/t8-/m1/s1. The first-order valence-corrected chi connectivity index (χ1v) is 5.22. The Kier molecular flexibility index (Phi) is 4.81. The molecule has 0 unspecified atom stereocenters. The summed E-state index contributed by atoms with van der Waals surface area (Å²) in [6.07, 6.45) is -0.536. The van der Waals surface area contributed by atoms with Gasteiger partial charge in [-0.1, -0.05) is 6.07 Å². The molecule has 0 radical (unpaired) electrons. The maximum atomic E-state index is 12.9. The fourth-order valence-electron chi connectivity index (χ4n) is 1.29. The number of hydrogen-bond acceptors (Lipinski definition) is 3. The number of rotatable bonds is 5. The lowest BCUT2D eigenvalue weighted by atomic mass is 10.2. The van der Waals surface area contributed by atoms with E-state index >= 15 is 0 Å². The lowest BCUT2D eigenvalue weighted by molar-refractivity contribution is -0.140. The third-order valence-corrected chi connectivity index (χ3v) is 2.09. The first-order valence-electron chi connectivity index (χ1n) is 5.22. The van der Waals surface area contributed by atoms with Crippen molar-refractivity contribution in [2.75, 3.05) is 5.32 Å². The summed E-state index contributed by atoms with van der Waals surface area (Å²) in [6, 6.07) is 2.74. The largest absolute Gasteiger partial charge is 0.480 e. The van der Waals surface area contributed by atoms with Crippen molar-refractivity contribution in [2.24, 2.45) is 5.73 Å². The Hall–Kier alpha value is -2.64. The minimum Gasteiger partial charge on any atom is -0.480 e. The van der Waals surface area contributed by atoms with Crippen molar-refractivity contribution in [3.8, 4) is 0 Å². The molecule has 0 aliphatic rings. The van der Waals surface area contributed by atoms with E-state index in [4.69, 9.17) is 10.8 Å². The van der Waals surface area contributed by atoms with E-state index in [9.17, 15) is 18.8 Å². The average Bonchev–Trinajstić information content (AvgIpc) is 2.27. The number of hydrogen-bond donors (Lipinski definition) is 4. The van der Waals surface area contributed by atoms with Crippen LogP contribution in [0.25, 0.3) is 0 Å². The summed E-state index contributed by atoms with van der Waals surface area (Å²) >= 11 is 0. The summed E-state index contributed by atoms with van der Waals surface area (Å²) in [5.41, 5.74) is 5.01. The number of primary amides is 1. The van der Waals surface area contributed by atoms with Crippen LogP contribution in [-0.4, -0.2) is 29.1 Å². The monoisotopic (exact) mass is 269 g/mol. The molecule has 3 amide bonds. The van der Waals surface area contributed by atoms with E-state index in [1.165, 1.54) is 18.2 Å². The van der Waals surface area contributed by atoms with Crippen LogP contribution in [0.2, 0.25) is 0 Å². The van der Waals surface area contributed by atoms with Crippen molar-refractivity contribution >= 4 is 23.6 Å². The molecule has 19 heavy (non-hydrogen) atoms. The van der Waals surface area contributed by atoms with Gasteiger partial charge in [0.1, 0.15) is 11.9 Å². The van der Waals surface area contributed by atoms with E-state index in [1.54, 1.807) is 0 Å². The smallest absolute Gasteiger partial charge is 0.326 e. The molecular formula is C11H12FN3O4. The number of carbonyl (C=O) groups excluding carboxylic acids is 2. The number of carboxylic acid groups (broad SMARTS) is 1. The van der Waals surface area contributed by atoms with Gasteiger partial charge in [-0.2, -0.15) is 0 Å². The Morgan fingerprint density at radius 2 is 2.05 bits per heavy atom. The van der Waals surface area contributed by atoms with Crippen LogP contribution >= 0.6 is 0 Å². The molecule has 5 N–H and O–H groups in total. The molecule has 1 aromatic carbocycles. The molecule has 1 aromatic rings. The third kappa shape index (κ3) is 5.02. The van der Waals surface area contributed by atoms with Gasteiger partial charge in [0.2, 0.25) is 5.91 Å². The molecule has 0 bridgehead atoms. The van der Waals surface area contributed by atoms with E-state index in [0.29, 0.717) is 0 Å². The van der Waals surface area contributed by atoms with E-state index in [-0.39, 0.29) is 5.69 Å². The van der Waals surface area contributed by atoms with E-state index in [2.05, 4.69) is 5.32 Å². The lowest BCUT2D eigenvalue weighted by Crippen LogP contribution is -2.45. The zero-order valence-electron chi connectivity index (χ0n) is 9.72. The maximum absolute atomic E-state index is 12.9. The van der Waals surface area contributed by atoms with Gasteiger partial charge in [0.05, 0.1) is 6.42 Å². The Labute approximate surface area is 107 Å². The summed E-state index contributed by atoms with van der Waals surface area (Å²) in [5.74, 6) is -2.81. The number of carbonyl (C=O) groups is 3. The molecule has 102 valence electrons. The number of aliphatic carboxylic acids is 1. The number of halogens is 1. The van der Waals surface area contributed by atoms with Crippen molar-refractivity contribution in [2.45, 2.75) is 12.5 Å². The van der Waals surface area contributed by atoms with Gasteiger partial charge in [-0.05, 0) is 18.2 Å². The minimum atomic E-state index is -1.44. The van der Waals surface area contributed by atoms with Gasteiger partial charge >= 0.3 is 12.0 Å². The van der Waals surface area contributed by atoms with Gasteiger partial charge in [-0.15, -0.1) is 0 Å². The van der Waals surface area contributed by atoms with Gasteiger partial charge in [-0.3, -0.25) is 4.79 Å². The molecule has 0 aromatic heterocycles. The summed E-state index contributed by atoms with van der Waals surface area (Å²) in [4.78, 5) is 32.9. The molecule has 0 saturated carbocycles. The van der Waals surface area contributed by atoms with Crippen molar-refractivity contribution in [1.82, 2.24) is 5.32 Å². The molecule has 8 heteroatoms. The fourth-order valence-corrected chi connectivity index (χ4v) is 1.29. The topological polar surface area (TPSA) is 122 Å². The maximum Gasteiger partial charge on any atom is 0.326 e. The molecular weight excluding hydrogens is 257 g/mol. The molecule has 0 saturated heterocycles. The molecule has 7 nitrogen and oxygen atoms in total. The number of amides is 3. The Morgan fingerprint density at radius 1 is 1.37 bits per heavy atom.